The van der Waals surface area contributed by atoms with Gasteiger partial charge in [0.25, 0.3) is 5.91 Å². The fraction of sp³-hybridized carbons (Fsp3) is 0.419. The Kier molecular flexibility index (Phi) is 9.45. The van der Waals surface area contributed by atoms with Crippen molar-refractivity contribution in [3.05, 3.63) is 94.8 Å². The Morgan fingerprint density at radius 3 is 2.32 bits per heavy atom. The van der Waals surface area contributed by atoms with Gasteiger partial charge in [0.2, 0.25) is 5.91 Å². The van der Waals surface area contributed by atoms with Gasteiger partial charge in [0.15, 0.2) is 0 Å². The van der Waals surface area contributed by atoms with E-state index in [4.69, 9.17) is 11.6 Å². The van der Waals surface area contributed by atoms with Gasteiger partial charge in [-0.05, 0) is 60.7 Å². The van der Waals surface area contributed by atoms with E-state index in [0.717, 1.165) is 37.9 Å². The van der Waals surface area contributed by atoms with Crippen molar-refractivity contribution in [3.8, 4) is 0 Å². The zero-order valence-corrected chi connectivity index (χ0v) is 22.7. The van der Waals surface area contributed by atoms with Crippen LogP contribution in [0.15, 0.2) is 72.9 Å². The van der Waals surface area contributed by atoms with Crippen molar-refractivity contribution in [1.82, 2.24) is 14.4 Å². The Bertz CT molecular complexity index is 1150. The highest BCUT2D eigenvalue weighted by Gasteiger charge is 2.29. The van der Waals surface area contributed by atoms with Crippen LogP contribution >= 0.6 is 11.6 Å². The lowest BCUT2D eigenvalue weighted by molar-refractivity contribution is -0.135. The highest BCUT2D eigenvalue weighted by molar-refractivity contribution is 6.30. The highest BCUT2D eigenvalue weighted by Crippen LogP contribution is 2.25. The van der Waals surface area contributed by atoms with E-state index in [1.807, 2.05) is 11.0 Å². The highest BCUT2D eigenvalue weighted by atomic mass is 35.5. The molecule has 2 amide bonds. The van der Waals surface area contributed by atoms with Crippen LogP contribution in [0.25, 0.3) is 0 Å². The van der Waals surface area contributed by atoms with Crippen molar-refractivity contribution in [2.75, 3.05) is 13.1 Å². The van der Waals surface area contributed by atoms with Gasteiger partial charge in [-0.3, -0.25) is 9.59 Å². The van der Waals surface area contributed by atoms with Crippen LogP contribution in [-0.4, -0.2) is 45.3 Å². The number of hydrogen-bond donors (Lipinski definition) is 0. The average molecular weight is 520 g/mol. The molecule has 3 aromatic rings. The molecule has 4 rings (SSSR count). The monoisotopic (exact) mass is 519 g/mol. The molecule has 1 fully saturated rings. The van der Waals surface area contributed by atoms with Crippen molar-refractivity contribution in [3.63, 3.8) is 0 Å². The van der Waals surface area contributed by atoms with Gasteiger partial charge in [-0.1, -0.05) is 75.0 Å². The lowest BCUT2D eigenvalue weighted by Gasteiger charge is -2.36. The number of nitrogens with zero attached hydrogens (tertiary/aromatic N) is 3. The molecule has 37 heavy (non-hydrogen) atoms. The Labute approximate surface area is 226 Å². The van der Waals surface area contributed by atoms with Gasteiger partial charge in [0.1, 0.15) is 6.54 Å². The molecule has 0 radical (unpaired) electrons. The van der Waals surface area contributed by atoms with E-state index in [1.165, 1.54) is 12.0 Å². The van der Waals surface area contributed by atoms with E-state index in [0.29, 0.717) is 23.7 Å². The largest absolute Gasteiger partial charge is 0.345 e. The van der Waals surface area contributed by atoms with Gasteiger partial charge < -0.3 is 14.4 Å². The number of aromatic nitrogens is 1. The smallest absolute Gasteiger partial charge is 0.254 e. The molecule has 1 saturated carbocycles. The molecule has 1 aromatic heterocycles. The minimum atomic E-state index is -0.130. The summed E-state index contributed by atoms with van der Waals surface area (Å²) in [5.74, 6) is 0.132. The first kappa shape index (κ1) is 27.0. The van der Waals surface area contributed by atoms with Gasteiger partial charge in [-0.25, -0.2) is 0 Å². The van der Waals surface area contributed by atoms with Crippen LogP contribution < -0.4 is 0 Å². The third kappa shape index (κ3) is 7.48. The van der Waals surface area contributed by atoms with Crippen LogP contribution in [0.2, 0.25) is 5.02 Å². The molecule has 2 aromatic carbocycles. The van der Waals surface area contributed by atoms with Crippen LogP contribution in [0.4, 0.5) is 0 Å². The van der Waals surface area contributed by atoms with Crippen molar-refractivity contribution in [2.24, 2.45) is 5.92 Å². The summed E-state index contributed by atoms with van der Waals surface area (Å²) in [5, 5.41) is 0.588. The quantitative estimate of drug-likeness (QED) is 0.301. The summed E-state index contributed by atoms with van der Waals surface area (Å²) in [5.41, 5.74) is 2.90. The molecule has 6 heteroatoms. The first-order chi connectivity index (χ1) is 17.9. The maximum atomic E-state index is 13.9. The minimum absolute atomic E-state index is 0.0160. The fourth-order valence-corrected chi connectivity index (χ4v) is 5.33. The molecule has 1 heterocycles. The van der Waals surface area contributed by atoms with Gasteiger partial charge >= 0.3 is 0 Å². The second-order valence-corrected chi connectivity index (χ2v) is 10.9. The fourth-order valence-electron chi connectivity index (χ4n) is 5.20. The topological polar surface area (TPSA) is 45.6 Å². The Balaban J connectivity index is 1.55. The Morgan fingerprint density at radius 1 is 0.946 bits per heavy atom. The average Bonchev–Trinajstić information content (AvgIpc) is 3.34. The molecule has 0 aliphatic heterocycles. The van der Waals surface area contributed by atoms with E-state index in [2.05, 4.69) is 61.0 Å². The molecule has 5 nitrogen and oxygen atoms in total. The van der Waals surface area contributed by atoms with Gasteiger partial charge in [0.05, 0.1) is 6.54 Å². The molecule has 0 N–H and O–H groups in total. The van der Waals surface area contributed by atoms with Crippen molar-refractivity contribution < 1.29 is 9.59 Å². The second-order valence-electron chi connectivity index (χ2n) is 10.5. The van der Waals surface area contributed by atoms with Crippen LogP contribution in [-0.2, 0) is 17.9 Å². The standard InChI is InChI=1S/C31H38ClN3O2/c1-24(2)20-34(31(37)26-15-17-27(32)18-16-26)23-30(36)35(28-12-7-4-8-13-28)22-29-14-9-19-33(29)21-25-10-5-3-6-11-25/h3,5-6,9-11,14-19,24,28H,4,7-8,12-13,20-23H2,1-2H3. The van der Waals surface area contributed by atoms with Gasteiger partial charge in [0, 0.05) is 41.6 Å². The number of carbonyl (C=O) groups is 2. The molecule has 1 aliphatic rings. The van der Waals surface area contributed by atoms with E-state index in [-0.39, 0.29) is 30.3 Å². The number of amides is 2. The van der Waals surface area contributed by atoms with E-state index in [9.17, 15) is 9.59 Å². The molecule has 0 unspecified atom stereocenters. The Hall–Kier alpha value is -3.05. The van der Waals surface area contributed by atoms with Crippen LogP contribution in [0.5, 0.6) is 0 Å². The zero-order chi connectivity index (χ0) is 26.2. The molecule has 0 saturated heterocycles. The summed E-state index contributed by atoms with van der Waals surface area (Å²) in [7, 11) is 0. The summed E-state index contributed by atoms with van der Waals surface area (Å²) in [6, 6.07) is 21.7. The predicted octanol–water partition coefficient (Wildman–Crippen LogP) is 6.65. The summed E-state index contributed by atoms with van der Waals surface area (Å²) >= 11 is 6.04. The van der Waals surface area contributed by atoms with Crippen LogP contribution in [0.1, 0.15) is 67.6 Å². The number of benzene rings is 2. The molecule has 1 aliphatic carbocycles. The first-order valence-electron chi connectivity index (χ1n) is 13.4. The number of halogens is 1. The number of carbonyl (C=O) groups excluding carboxylic acids is 2. The summed E-state index contributed by atoms with van der Waals surface area (Å²) in [6.45, 7) is 6.06. The zero-order valence-electron chi connectivity index (χ0n) is 22.0. The molecule has 0 atom stereocenters. The van der Waals surface area contributed by atoms with Crippen LogP contribution in [0, 0.1) is 5.92 Å². The normalized spacial score (nSPS) is 14.1. The third-order valence-electron chi connectivity index (χ3n) is 7.08. The van der Waals surface area contributed by atoms with Crippen molar-refractivity contribution in [1.29, 1.82) is 0 Å². The summed E-state index contributed by atoms with van der Waals surface area (Å²) in [4.78, 5) is 31.1. The van der Waals surface area contributed by atoms with Crippen LogP contribution in [0.3, 0.4) is 0 Å². The molecule has 0 bridgehead atoms. The first-order valence-corrected chi connectivity index (χ1v) is 13.8. The molecule has 0 spiro atoms. The van der Waals surface area contributed by atoms with E-state index >= 15 is 0 Å². The predicted molar refractivity (Wildman–Crippen MR) is 150 cm³/mol. The van der Waals surface area contributed by atoms with Gasteiger partial charge in [-0.2, -0.15) is 0 Å². The minimum Gasteiger partial charge on any atom is -0.345 e. The number of hydrogen-bond acceptors (Lipinski definition) is 2. The molecular weight excluding hydrogens is 482 g/mol. The maximum absolute atomic E-state index is 13.9. The molecular formula is C31H38ClN3O2. The Morgan fingerprint density at radius 2 is 1.65 bits per heavy atom. The van der Waals surface area contributed by atoms with Crippen molar-refractivity contribution in [2.45, 2.75) is 65.1 Å². The second kappa shape index (κ2) is 13.0. The lowest BCUT2D eigenvalue weighted by atomic mass is 9.94. The summed E-state index contributed by atoms with van der Waals surface area (Å²) in [6.07, 6.45) is 7.61. The van der Waals surface area contributed by atoms with E-state index < -0.39 is 0 Å². The van der Waals surface area contributed by atoms with Gasteiger partial charge in [-0.15, -0.1) is 0 Å². The summed E-state index contributed by atoms with van der Waals surface area (Å²) < 4.78 is 2.23. The lowest BCUT2D eigenvalue weighted by Crippen LogP contribution is -2.48. The number of rotatable bonds is 10. The van der Waals surface area contributed by atoms with E-state index in [1.54, 1.807) is 29.2 Å². The maximum Gasteiger partial charge on any atom is 0.254 e. The SMILES string of the molecule is CC(C)CN(CC(=O)N(Cc1cccn1Cc1ccccc1)C1CCCCC1)C(=O)c1ccc(Cl)cc1. The third-order valence-corrected chi connectivity index (χ3v) is 7.33. The van der Waals surface area contributed by atoms with Crippen molar-refractivity contribution >= 4 is 23.4 Å². The molecule has 196 valence electrons.